The second kappa shape index (κ2) is 4.60. The smallest absolute Gasteiger partial charge is 0.311 e. The second-order valence-electron chi connectivity index (χ2n) is 3.07. The Labute approximate surface area is 81.9 Å². The number of ether oxygens (including phenoxy) is 1. The van der Waals surface area contributed by atoms with E-state index in [2.05, 4.69) is 11.3 Å². The number of rotatable bonds is 5. The number of aliphatic carboxylic acids is 1. The van der Waals surface area contributed by atoms with Gasteiger partial charge in [-0.1, -0.05) is 18.2 Å². The first-order valence-corrected chi connectivity index (χ1v) is 4.37. The predicted octanol–water partition coefficient (Wildman–Crippen LogP) is 1.48. The third-order valence-electron chi connectivity index (χ3n) is 2.17. The normalized spacial score (nSPS) is 16.1. The van der Waals surface area contributed by atoms with Crippen molar-refractivity contribution in [2.45, 2.75) is 19.3 Å². The molecule has 0 fully saturated rings. The standard InChI is InChI=1S/C10H12O4/c1-2-14-9(11)6-8(10(12)13)7-4-3-5-7/h2,4,8H,1,3,5-6H2,(H,12,13). The third-order valence-corrected chi connectivity index (χ3v) is 2.17. The van der Waals surface area contributed by atoms with E-state index < -0.39 is 17.9 Å². The van der Waals surface area contributed by atoms with Crippen LogP contribution in [0.5, 0.6) is 0 Å². The molecule has 1 atom stereocenters. The first-order chi connectivity index (χ1) is 6.65. The fraction of sp³-hybridized carbons (Fsp3) is 0.400. The quantitative estimate of drug-likeness (QED) is 0.411. The van der Waals surface area contributed by atoms with Gasteiger partial charge in [-0.3, -0.25) is 9.59 Å². The Bertz CT molecular complexity index is 290. The number of carbonyl (C=O) groups excluding carboxylic acids is 1. The molecule has 14 heavy (non-hydrogen) atoms. The van der Waals surface area contributed by atoms with Crippen LogP contribution in [0, 0.1) is 5.92 Å². The van der Waals surface area contributed by atoms with Gasteiger partial charge in [0.05, 0.1) is 18.6 Å². The minimum Gasteiger partial charge on any atom is -0.481 e. The molecule has 0 radical (unpaired) electrons. The van der Waals surface area contributed by atoms with Crippen LogP contribution in [-0.2, 0) is 14.3 Å². The van der Waals surface area contributed by atoms with Gasteiger partial charge in [-0.15, -0.1) is 0 Å². The van der Waals surface area contributed by atoms with Crippen LogP contribution in [-0.4, -0.2) is 17.0 Å². The van der Waals surface area contributed by atoms with Crippen molar-refractivity contribution in [1.82, 2.24) is 0 Å². The van der Waals surface area contributed by atoms with Crippen molar-refractivity contribution in [2.75, 3.05) is 0 Å². The number of hydrogen-bond donors (Lipinski definition) is 1. The maximum Gasteiger partial charge on any atom is 0.311 e. The zero-order valence-electron chi connectivity index (χ0n) is 7.73. The van der Waals surface area contributed by atoms with Gasteiger partial charge in [0, 0.05) is 0 Å². The second-order valence-corrected chi connectivity index (χ2v) is 3.07. The average molecular weight is 196 g/mol. The summed E-state index contributed by atoms with van der Waals surface area (Å²) in [6.45, 7) is 3.23. The van der Waals surface area contributed by atoms with Crippen molar-refractivity contribution < 1.29 is 19.4 Å². The van der Waals surface area contributed by atoms with Gasteiger partial charge in [0.1, 0.15) is 0 Å². The van der Waals surface area contributed by atoms with Gasteiger partial charge in [-0.2, -0.15) is 0 Å². The summed E-state index contributed by atoms with van der Waals surface area (Å²) in [6.07, 6.45) is 4.40. The van der Waals surface area contributed by atoms with Gasteiger partial charge in [-0.25, -0.2) is 0 Å². The third kappa shape index (κ3) is 2.45. The number of carbonyl (C=O) groups is 2. The van der Waals surface area contributed by atoms with Crippen molar-refractivity contribution >= 4 is 11.9 Å². The minimum atomic E-state index is -0.975. The van der Waals surface area contributed by atoms with Crippen molar-refractivity contribution in [3.05, 3.63) is 24.5 Å². The van der Waals surface area contributed by atoms with E-state index in [0.717, 1.165) is 24.7 Å². The molecular weight excluding hydrogens is 184 g/mol. The van der Waals surface area contributed by atoms with Crippen LogP contribution in [0.2, 0.25) is 0 Å². The molecule has 0 aromatic rings. The molecule has 0 aromatic carbocycles. The number of allylic oxidation sites excluding steroid dienone is 1. The maximum absolute atomic E-state index is 11.0. The van der Waals surface area contributed by atoms with Crippen LogP contribution in [0.1, 0.15) is 19.3 Å². The van der Waals surface area contributed by atoms with Crippen molar-refractivity contribution in [3.63, 3.8) is 0 Å². The van der Waals surface area contributed by atoms with Crippen molar-refractivity contribution in [2.24, 2.45) is 5.92 Å². The molecule has 0 aromatic heterocycles. The number of hydrogen-bond acceptors (Lipinski definition) is 3. The molecule has 1 unspecified atom stereocenters. The van der Waals surface area contributed by atoms with Crippen LogP contribution >= 0.6 is 0 Å². The van der Waals surface area contributed by atoms with Crippen LogP contribution in [0.4, 0.5) is 0 Å². The molecule has 1 aliphatic rings. The Morgan fingerprint density at radius 1 is 1.71 bits per heavy atom. The van der Waals surface area contributed by atoms with Gasteiger partial charge < -0.3 is 9.84 Å². The number of carboxylic acid groups (broad SMARTS) is 1. The summed E-state index contributed by atoms with van der Waals surface area (Å²) in [5.74, 6) is -2.26. The van der Waals surface area contributed by atoms with Crippen LogP contribution in [0.3, 0.4) is 0 Å². The summed E-state index contributed by atoms with van der Waals surface area (Å²) in [5, 5.41) is 8.85. The van der Waals surface area contributed by atoms with E-state index in [0.29, 0.717) is 0 Å². The number of carboxylic acids is 1. The zero-order chi connectivity index (χ0) is 10.6. The predicted molar refractivity (Wildman–Crippen MR) is 49.3 cm³/mol. The van der Waals surface area contributed by atoms with E-state index in [4.69, 9.17) is 5.11 Å². The highest BCUT2D eigenvalue weighted by Gasteiger charge is 2.27. The van der Waals surface area contributed by atoms with Gasteiger partial charge in [0.15, 0.2) is 0 Å². The topological polar surface area (TPSA) is 63.6 Å². The zero-order valence-corrected chi connectivity index (χ0v) is 7.73. The lowest BCUT2D eigenvalue weighted by atomic mass is 9.85. The van der Waals surface area contributed by atoms with Gasteiger partial charge >= 0.3 is 11.9 Å². The Morgan fingerprint density at radius 2 is 2.36 bits per heavy atom. The molecule has 76 valence electrons. The molecular formula is C10H12O4. The summed E-state index contributed by atoms with van der Waals surface area (Å²) in [6, 6.07) is 0. The first kappa shape index (κ1) is 10.5. The fourth-order valence-corrected chi connectivity index (χ4v) is 1.31. The lowest BCUT2D eigenvalue weighted by Gasteiger charge is -2.20. The average Bonchev–Trinajstić information content (AvgIpc) is 2.00. The minimum absolute atomic E-state index is 0.118. The Hall–Kier alpha value is -1.58. The highest BCUT2D eigenvalue weighted by Crippen LogP contribution is 2.28. The number of esters is 1. The summed E-state index contributed by atoms with van der Waals surface area (Å²) in [4.78, 5) is 21.8. The van der Waals surface area contributed by atoms with Gasteiger partial charge in [0.25, 0.3) is 0 Å². The van der Waals surface area contributed by atoms with Gasteiger partial charge in [-0.05, 0) is 12.8 Å². The van der Waals surface area contributed by atoms with Crippen molar-refractivity contribution in [1.29, 1.82) is 0 Å². The highest BCUT2D eigenvalue weighted by molar-refractivity contribution is 5.81. The van der Waals surface area contributed by atoms with Gasteiger partial charge in [0.2, 0.25) is 0 Å². The van der Waals surface area contributed by atoms with Crippen molar-refractivity contribution in [3.8, 4) is 0 Å². The Kier molecular flexibility index (Phi) is 3.45. The monoisotopic (exact) mass is 196 g/mol. The maximum atomic E-state index is 11.0. The highest BCUT2D eigenvalue weighted by atomic mass is 16.5. The largest absolute Gasteiger partial charge is 0.481 e. The van der Waals surface area contributed by atoms with E-state index in [1.807, 2.05) is 6.08 Å². The van der Waals surface area contributed by atoms with Crippen LogP contribution in [0.15, 0.2) is 24.5 Å². The van der Waals surface area contributed by atoms with E-state index in [1.165, 1.54) is 0 Å². The summed E-state index contributed by atoms with van der Waals surface area (Å²) in [5.41, 5.74) is 0.818. The molecule has 0 saturated heterocycles. The molecule has 0 saturated carbocycles. The molecule has 4 nitrogen and oxygen atoms in total. The van der Waals surface area contributed by atoms with E-state index in [9.17, 15) is 9.59 Å². The molecule has 0 aliphatic heterocycles. The fourth-order valence-electron chi connectivity index (χ4n) is 1.31. The molecule has 0 amide bonds. The first-order valence-electron chi connectivity index (χ1n) is 4.37. The lowest BCUT2D eigenvalue weighted by molar-refractivity contribution is -0.147. The summed E-state index contributed by atoms with van der Waals surface area (Å²) < 4.78 is 4.48. The molecule has 1 aliphatic carbocycles. The van der Waals surface area contributed by atoms with E-state index >= 15 is 0 Å². The Balaban J connectivity index is 2.55. The molecule has 0 heterocycles. The SMILES string of the molecule is C=COC(=O)CC(C(=O)O)C1=CCC1. The summed E-state index contributed by atoms with van der Waals surface area (Å²) >= 11 is 0. The molecule has 0 bridgehead atoms. The van der Waals surface area contributed by atoms with Crippen LogP contribution < -0.4 is 0 Å². The summed E-state index contributed by atoms with van der Waals surface area (Å²) in [7, 11) is 0. The lowest BCUT2D eigenvalue weighted by Crippen LogP contribution is -2.22. The molecule has 1 N–H and O–H groups in total. The van der Waals surface area contributed by atoms with E-state index in [-0.39, 0.29) is 6.42 Å². The Morgan fingerprint density at radius 3 is 2.71 bits per heavy atom. The molecule has 1 rings (SSSR count). The van der Waals surface area contributed by atoms with Crippen LogP contribution in [0.25, 0.3) is 0 Å². The molecule has 4 heteroatoms. The molecule has 0 spiro atoms. The van der Waals surface area contributed by atoms with E-state index in [1.54, 1.807) is 0 Å².